The minimum atomic E-state index is -0.0263. The second-order valence-corrected chi connectivity index (χ2v) is 21.8. The number of halogens is 3. The van der Waals surface area contributed by atoms with Crippen molar-refractivity contribution in [2.45, 2.75) is 107 Å². The molecule has 360 valence electrons. The minimum Gasteiger partial charge on any atom is -0.333 e. The van der Waals surface area contributed by atoms with Crippen molar-refractivity contribution >= 4 is 74.6 Å². The first-order chi connectivity index (χ1) is 34.5. The molecule has 71 heavy (non-hydrogen) atoms. The highest BCUT2D eigenvalue weighted by molar-refractivity contribution is 6.44. The van der Waals surface area contributed by atoms with Crippen LogP contribution < -0.4 is 14.7 Å². The second kappa shape index (κ2) is 20.3. The average Bonchev–Trinajstić information content (AvgIpc) is 3.74. The smallest absolute Gasteiger partial charge is 0.0883 e. The first-order valence-corrected chi connectivity index (χ1v) is 26.6. The molecule has 0 radical (unpaired) electrons. The zero-order valence-corrected chi connectivity index (χ0v) is 43.7. The number of rotatable bonds is 7. The zero-order valence-electron chi connectivity index (χ0n) is 41.5. The second-order valence-electron chi connectivity index (χ2n) is 20.7. The molecule has 6 heteroatoms. The van der Waals surface area contributed by atoms with E-state index in [1.54, 1.807) is 0 Å². The Morgan fingerprint density at radius 2 is 0.746 bits per heavy atom. The fourth-order valence-corrected chi connectivity index (χ4v) is 13.3. The van der Waals surface area contributed by atoms with E-state index < -0.39 is 0 Å². The molecule has 2 heterocycles. The molecule has 0 bridgehead atoms. The highest BCUT2D eigenvalue weighted by Gasteiger charge is 2.59. The summed E-state index contributed by atoms with van der Waals surface area (Å²) in [6, 6.07) is 72.2. The standard InChI is InChI=1S/C32H31ClN2.C20H21Cl2N.C13H12/c1-31-22-11-12-23-32(31,2)35(27-19-10-9-18-26(27)31)29-21-13-20-28(30(29)33)34(24-14-5-3-6-15-24)25-16-7-4-8-17-25;1-19-12-5-6-13-20(19,2)23(16-10-4-3-8-14(16)19)17-11-7-9-15(21)18(17)22;1-3-7-12(8-4-1)11-13-9-5-2-6-10-13/h3-10,13-21H,11-12,22-23H2,1-2H3;3-4,7-11H,5-6,12-13H2,1-2H3;1-10H,11H2. The van der Waals surface area contributed by atoms with E-state index in [2.05, 4.69) is 237 Å². The molecule has 4 aliphatic rings. The third-order valence-corrected chi connectivity index (χ3v) is 18.0. The largest absolute Gasteiger partial charge is 0.333 e. The van der Waals surface area contributed by atoms with E-state index in [0.717, 1.165) is 46.3 Å². The molecule has 2 aliphatic heterocycles. The van der Waals surface area contributed by atoms with Crippen LogP contribution in [-0.2, 0) is 17.3 Å². The van der Waals surface area contributed by atoms with Crippen LogP contribution >= 0.6 is 34.8 Å². The maximum absolute atomic E-state index is 7.41. The lowest BCUT2D eigenvalue weighted by molar-refractivity contribution is 0.195. The molecular weight excluding hydrogens is 929 g/mol. The summed E-state index contributed by atoms with van der Waals surface area (Å²) in [6.07, 6.45) is 10.8. The van der Waals surface area contributed by atoms with Gasteiger partial charge in [0, 0.05) is 33.6 Å². The van der Waals surface area contributed by atoms with E-state index in [4.69, 9.17) is 34.8 Å². The van der Waals surface area contributed by atoms with Gasteiger partial charge in [0.25, 0.3) is 0 Å². The maximum Gasteiger partial charge on any atom is 0.0883 e. The summed E-state index contributed by atoms with van der Waals surface area (Å²) < 4.78 is 0. The van der Waals surface area contributed by atoms with E-state index in [-0.39, 0.29) is 21.9 Å². The third-order valence-electron chi connectivity index (χ3n) is 16.8. The zero-order chi connectivity index (χ0) is 49.2. The summed E-state index contributed by atoms with van der Waals surface area (Å²) in [5.41, 5.74) is 13.7. The Morgan fingerprint density at radius 1 is 0.380 bits per heavy atom. The van der Waals surface area contributed by atoms with Crippen molar-refractivity contribution in [2.75, 3.05) is 14.7 Å². The van der Waals surface area contributed by atoms with Crippen LogP contribution in [0.15, 0.2) is 206 Å². The molecule has 2 fully saturated rings. The van der Waals surface area contributed by atoms with Crippen LogP contribution in [0, 0.1) is 0 Å². The van der Waals surface area contributed by atoms with Gasteiger partial charge in [-0.1, -0.05) is 220 Å². The molecule has 8 aromatic carbocycles. The topological polar surface area (TPSA) is 9.72 Å². The lowest BCUT2D eigenvalue weighted by Gasteiger charge is -2.50. The molecule has 0 saturated heterocycles. The van der Waals surface area contributed by atoms with Crippen LogP contribution in [0.3, 0.4) is 0 Å². The van der Waals surface area contributed by atoms with Gasteiger partial charge >= 0.3 is 0 Å². The van der Waals surface area contributed by atoms with E-state index in [0.29, 0.717) is 10.0 Å². The van der Waals surface area contributed by atoms with E-state index in [1.807, 2.05) is 12.1 Å². The Morgan fingerprint density at radius 3 is 1.21 bits per heavy atom. The molecule has 4 atom stereocenters. The van der Waals surface area contributed by atoms with Gasteiger partial charge in [-0.2, -0.15) is 0 Å². The van der Waals surface area contributed by atoms with Crippen LogP contribution in [-0.4, -0.2) is 11.1 Å². The number of hydrogen-bond donors (Lipinski definition) is 0. The summed E-state index contributed by atoms with van der Waals surface area (Å²) in [7, 11) is 0. The first-order valence-electron chi connectivity index (χ1n) is 25.5. The van der Waals surface area contributed by atoms with Gasteiger partial charge in [0.1, 0.15) is 0 Å². The third kappa shape index (κ3) is 8.73. The van der Waals surface area contributed by atoms with E-state index >= 15 is 0 Å². The van der Waals surface area contributed by atoms with Gasteiger partial charge in [-0.05, 0) is 129 Å². The Labute approximate surface area is 437 Å². The molecule has 0 aromatic heterocycles. The molecular formula is C65H64Cl3N3. The van der Waals surface area contributed by atoms with Crippen molar-refractivity contribution in [1.29, 1.82) is 0 Å². The van der Waals surface area contributed by atoms with Gasteiger partial charge in [-0.15, -0.1) is 0 Å². The number of benzene rings is 8. The minimum absolute atomic E-state index is 0.0263. The van der Waals surface area contributed by atoms with Crippen LogP contribution in [0.4, 0.5) is 39.8 Å². The number of hydrogen-bond acceptors (Lipinski definition) is 3. The van der Waals surface area contributed by atoms with Gasteiger partial charge in [0.15, 0.2) is 0 Å². The maximum atomic E-state index is 7.41. The quantitative estimate of drug-likeness (QED) is 0.158. The summed E-state index contributed by atoms with van der Waals surface area (Å²) in [5, 5.41) is 2.06. The number of fused-ring (bicyclic) bond motifs is 6. The molecule has 2 saturated carbocycles. The molecule has 12 rings (SSSR count). The highest BCUT2D eigenvalue weighted by atomic mass is 35.5. The van der Waals surface area contributed by atoms with Crippen molar-refractivity contribution in [3.05, 3.63) is 244 Å². The van der Waals surface area contributed by atoms with Gasteiger partial charge < -0.3 is 14.7 Å². The van der Waals surface area contributed by atoms with Crippen LogP contribution in [0.25, 0.3) is 0 Å². The summed E-state index contributed by atoms with van der Waals surface area (Å²) in [6.45, 7) is 9.72. The summed E-state index contributed by atoms with van der Waals surface area (Å²) in [4.78, 5) is 7.27. The molecule has 2 aliphatic carbocycles. The average molecular weight is 994 g/mol. The summed E-state index contributed by atoms with van der Waals surface area (Å²) >= 11 is 20.3. The lowest BCUT2D eigenvalue weighted by Crippen LogP contribution is -2.54. The van der Waals surface area contributed by atoms with Crippen LogP contribution in [0.5, 0.6) is 0 Å². The Bertz CT molecular complexity index is 3020. The van der Waals surface area contributed by atoms with Crippen molar-refractivity contribution < 1.29 is 0 Å². The predicted octanol–water partition coefficient (Wildman–Crippen LogP) is 19.6. The van der Waals surface area contributed by atoms with Crippen molar-refractivity contribution in [2.24, 2.45) is 0 Å². The van der Waals surface area contributed by atoms with Gasteiger partial charge in [-0.3, -0.25) is 0 Å². The van der Waals surface area contributed by atoms with E-state index in [1.165, 1.54) is 78.6 Å². The SMILES string of the molecule is CC12CCCCC1(C)N(c1cccc(Cl)c1Cl)c1ccccc12.CC12CCCCC1(C)N(c1cccc(N(c3ccccc3)c3ccccc3)c1Cl)c1ccccc12.c1ccc(Cc2ccccc2)cc1. The molecule has 0 N–H and O–H groups in total. The monoisotopic (exact) mass is 991 g/mol. The Hall–Kier alpha value is -5.97. The Balaban J connectivity index is 0.000000138. The van der Waals surface area contributed by atoms with Crippen molar-refractivity contribution in [1.82, 2.24) is 0 Å². The van der Waals surface area contributed by atoms with Gasteiger partial charge in [0.2, 0.25) is 0 Å². The van der Waals surface area contributed by atoms with E-state index in [9.17, 15) is 0 Å². The molecule has 0 amide bonds. The highest BCUT2D eigenvalue weighted by Crippen LogP contribution is 2.63. The fourth-order valence-electron chi connectivity index (χ4n) is 12.7. The predicted molar refractivity (Wildman–Crippen MR) is 304 cm³/mol. The van der Waals surface area contributed by atoms with Crippen molar-refractivity contribution in [3.8, 4) is 0 Å². The first kappa shape index (κ1) is 48.6. The summed E-state index contributed by atoms with van der Waals surface area (Å²) in [5.74, 6) is 0. The van der Waals surface area contributed by atoms with Gasteiger partial charge in [-0.25, -0.2) is 0 Å². The molecule has 4 unspecified atom stereocenters. The van der Waals surface area contributed by atoms with Gasteiger partial charge in [0.05, 0.1) is 43.2 Å². The Kier molecular flexibility index (Phi) is 13.9. The number of para-hydroxylation sites is 4. The number of nitrogens with zero attached hydrogens (tertiary/aromatic N) is 3. The lowest BCUT2D eigenvalue weighted by atomic mass is 9.61. The van der Waals surface area contributed by atoms with Crippen molar-refractivity contribution in [3.63, 3.8) is 0 Å². The molecule has 8 aromatic rings. The van der Waals surface area contributed by atoms with Crippen LogP contribution in [0.2, 0.25) is 15.1 Å². The molecule has 3 nitrogen and oxygen atoms in total. The molecule has 0 spiro atoms. The fraction of sp³-hybridized carbons (Fsp3) is 0.262. The normalized spacial score (nSPS) is 22.6. The number of anilines is 7. The van der Waals surface area contributed by atoms with Crippen LogP contribution in [0.1, 0.15) is 101 Å².